The molecule has 1 saturated heterocycles. The van der Waals surface area contributed by atoms with Gasteiger partial charge in [0.2, 0.25) is 11.7 Å². The van der Waals surface area contributed by atoms with Crippen LogP contribution in [0.3, 0.4) is 0 Å². The van der Waals surface area contributed by atoms with E-state index in [0.717, 1.165) is 12.8 Å². The van der Waals surface area contributed by atoms with Gasteiger partial charge in [0.05, 0.1) is 23.2 Å². The molecule has 1 saturated carbocycles. The zero-order valence-corrected chi connectivity index (χ0v) is 27.4. The molecule has 5 aliphatic rings. The Morgan fingerprint density at radius 2 is 1.66 bits per heavy atom. The average Bonchev–Trinajstić information content (AvgIpc) is 3.24. The van der Waals surface area contributed by atoms with Crippen LogP contribution in [-0.2, 0) is 20.8 Å². The summed E-state index contributed by atoms with van der Waals surface area (Å²) in [4.78, 5) is 59.1. The number of ketones is 2. The van der Waals surface area contributed by atoms with Crippen molar-refractivity contribution in [3.8, 4) is 5.75 Å². The fourth-order valence-corrected chi connectivity index (χ4v) is 8.63. The minimum atomic E-state index is -2.72. The number of phenolic OH excluding ortho intramolecular Hbond substituents is 1. The molecule has 1 heterocycles. The number of nitrogens with zero attached hydrogens (tertiary/aromatic N) is 3. The molecule has 0 unspecified atom stereocenters. The van der Waals surface area contributed by atoms with Crippen molar-refractivity contribution in [3.63, 3.8) is 0 Å². The van der Waals surface area contributed by atoms with Gasteiger partial charge >= 0.3 is 0 Å². The molecular weight excluding hydrogens is 606 g/mol. The van der Waals surface area contributed by atoms with E-state index in [0.29, 0.717) is 30.4 Å². The van der Waals surface area contributed by atoms with Crippen LogP contribution in [0.1, 0.15) is 60.9 Å². The van der Waals surface area contributed by atoms with Crippen molar-refractivity contribution in [2.45, 2.75) is 69.1 Å². The number of hydrogen-bond acceptors (Lipinski definition) is 11. The van der Waals surface area contributed by atoms with Gasteiger partial charge in [0.25, 0.3) is 5.91 Å². The molecule has 2 fully saturated rings. The summed E-state index contributed by atoms with van der Waals surface area (Å²) < 4.78 is 0. The Morgan fingerprint density at radius 1 is 1.02 bits per heavy atom. The molecule has 7 N–H and O–H groups in total. The van der Waals surface area contributed by atoms with Crippen LogP contribution in [0.2, 0.25) is 0 Å². The van der Waals surface area contributed by atoms with E-state index >= 15 is 0 Å². The molecular formula is C34H45N5O8. The Bertz CT molecular complexity index is 1600. The minimum Gasteiger partial charge on any atom is -0.510 e. The number of nitrogens with one attached hydrogen (secondary N) is 1. The molecule has 13 nitrogen and oxygen atoms in total. The number of phenols is 1. The van der Waals surface area contributed by atoms with Crippen molar-refractivity contribution < 1.29 is 39.6 Å². The number of carbonyl (C=O) groups excluding carboxylic acids is 4. The van der Waals surface area contributed by atoms with E-state index in [-0.39, 0.29) is 41.5 Å². The van der Waals surface area contributed by atoms with Gasteiger partial charge in [-0.3, -0.25) is 29.0 Å². The summed E-state index contributed by atoms with van der Waals surface area (Å²) in [6.45, 7) is 1.26. The lowest BCUT2D eigenvalue weighted by Gasteiger charge is -2.50. The highest BCUT2D eigenvalue weighted by Gasteiger charge is 2.63. The smallest absolute Gasteiger partial charge is 0.255 e. The number of rotatable bonds is 6. The van der Waals surface area contributed by atoms with Crippen molar-refractivity contribution in [1.29, 1.82) is 0 Å². The first-order valence-corrected chi connectivity index (χ1v) is 16.4. The van der Waals surface area contributed by atoms with Crippen molar-refractivity contribution in [2.24, 2.45) is 23.5 Å². The summed E-state index contributed by atoms with van der Waals surface area (Å²) in [7, 11) is 6.73. The molecule has 2 amide bonds. The quantitative estimate of drug-likeness (QED) is 0.149. The molecule has 1 aromatic carbocycles. The number of primary amides is 1. The van der Waals surface area contributed by atoms with Crippen molar-refractivity contribution in [1.82, 2.24) is 9.80 Å². The number of anilines is 2. The first-order valence-electron chi connectivity index (χ1n) is 16.4. The molecule has 0 aromatic heterocycles. The van der Waals surface area contributed by atoms with Crippen LogP contribution < -0.4 is 16.0 Å². The molecule has 0 radical (unpaired) electrons. The molecule has 0 bridgehead atoms. The fraction of sp³-hybridized carbons (Fsp3) is 0.588. The molecule has 4 aliphatic carbocycles. The van der Waals surface area contributed by atoms with E-state index in [1.54, 1.807) is 39.2 Å². The number of aromatic hydroxyl groups is 1. The number of aliphatic hydroxyl groups is 3. The number of aliphatic hydroxyl groups excluding tert-OH is 2. The number of likely N-dealkylation sites (N-methyl/N-ethyl adjacent to an activating group) is 1. The van der Waals surface area contributed by atoms with Gasteiger partial charge < -0.3 is 36.4 Å². The van der Waals surface area contributed by atoms with Crippen molar-refractivity contribution >= 4 is 34.8 Å². The summed E-state index contributed by atoms with van der Waals surface area (Å²) in [5.41, 5.74) is 2.59. The Morgan fingerprint density at radius 3 is 2.23 bits per heavy atom. The maximum Gasteiger partial charge on any atom is 0.255 e. The SMILES string of the molecule is CN(C)c1cc(NC(=O)C2CN(C3CCCCCC3)C2)c(O)c2c1C[C@H]1C[C@H]3[C@H](N(C)C)C(O)=C(C(N)=O)C(=O)[C@@]3(O)C(O)=C1C2=O. The monoisotopic (exact) mass is 651 g/mol. The largest absolute Gasteiger partial charge is 0.510 e. The summed E-state index contributed by atoms with van der Waals surface area (Å²) >= 11 is 0. The topological polar surface area (TPSA) is 197 Å². The van der Waals surface area contributed by atoms with E-state index in [2.05, 4.69) is 10.2 Å². The molecule has 1 aliphatic heterocycles. The Hall–Kier alpha value is -3.94. The molecule has 1 aromatic rings. The highest BCUT2D eigenvalue weighted by molar-refractivity contribution is 6.25. The molecule has 254 valence electrons. The number of likely N-dealkylation sites (tertiary alicyclic amines) is 1. The lowest BCUT2D eigenvalue weighted by molar-refractivity contribution is -0.148. The first kappa shape index (κ1) is 33.0. The lowest BCUT2D eigenvalue weighted by atomic mass is 9.58. The Balaban J connectivity index is 1.35. The summed E-state index contributed by atoms with van der Waals surface area (Å²) in [5, 5.41) is 48.8. The third-order valence-corrected chi connectivity index (χ3v) is 11.1. The zero-order valence-electron chi connectivity index (χ0n) is 27.4. The molecule has 47 heavy (non-hydrogen) atoms. The number of amides is 2. The highest BCUT2D eigenvalue weighted by atomic mass is 16.3. The number of Topliss-reactive ketones (excluding diaryl/α,β-unsaturated/α-hetero) is 2. The summed E-state index contributed by atoms with van der Waals surface area (Å²) in [6, 6.07) is 1.05. The second-order valence-corrected chi connectivity index (χ2v) is 14.3. The van der Waals surface area contributed by atoms with E-state index in [4.69, 9.17) is 5.73 Å². The predicted molar refractivity (Wildman–Crippen MR) is 173 cm³/mol. The van der Waals surface area contributed by atoms with Crippen molar-refractivity contribution in [3.05, 3.63) is 39.9 Å². The van der Waals surface area contributed by atoms with Crippen LogP contribution in [-0.4, -0.2) is 113 Å². The van der Waals surface area contributed by atoms with E-state index < -0.39 is 63.8 Å². The number of hydrogen-bond donors (Lipinski definition) is 6. The van der Waals surface area contributed by atoms with Gasteiger partial charge in [-0.1, -0.05) is 25.7 Å². The fourth-order valence-electron chi connectivity index (χ4n) is 8.63. The van der Waals surface area contributed by atoms with Gasteiger partial charge in [-0.2, -0.15) is 0 Å². The number of allylic oxidation sites excluding steroid dienone is 1. The second kappa shape index (κ2) is 11.9. The number of fused-ring (bicyclic) bond motifs is 3. The van der Waals surface area contributed by atoms with Gasteiger partial charge in [0, 0.05) is 50.4 Å². The normalized spacial score (nSPS) is 28.8. The first-order chi connectivity index (χ1) is 22.2. The average molecular weight is 652 g/mol. The predicted octanol–water partition coefficient (Wildman–Crippen LogP) is 1.78. The van der Waals surface area contributed by atoms with Crippen LogP contribution >= 0.6 is 0 Å². The second-order valence-electron chi connectivity index (χ2n) is 14.3. The number of nitrogens with two attached hydrogens (primary N) is 1. The zero-order chi connectivity index (χ0) is 34.1. The molecule has 4 atom stereocenters. The van der Waals surface area contributed by atoms with Crippen LogP contribution in [0, 0.1) is 17.8 Å². The van der Waals surface area contributed by atoms with E-state index in [1.165, 1.54) is 30.6 Å². The molecule has 6 rings (SSSR count). The van der Waals surface area contributed by atoms with Gasteiger partial charge in [0.1, 0.15) is 17.1 Å². The van der Waals surface area contributed by atoms with E-state index in [1.807, 2.05) is 0 Å². The van der Waals surface area contributed by atoms with Crippen LogP contribution in [0.4, 0.5) is 11.4 Å². The Kier molecular flexibility index (Phi) is 8.38. The van der Waals surface area contributed by atoms with E-state index in [9.17, 15) is 39.6 Å². The summed E-state index contributed by atoms with van der Waals surface area (Å²) in [6.07, 6.45) is 7.31. The number of benzene rings is 1. The maximum absolute atomic E-state index is 14.3. The minimum absolute atomic E-state index is 0.00292. The van der Waals surface area contributed by atoms with Gasteiger partial charge in [0.15, 0.2) is 17.1 Å². The van der Waals surface area contributed by atoms with Crippen molar-refractivity contribution in [2.75, 3.05) is 51.5 Å². The third kappa shape index (κ3) is 5.10. The lowest BCUT2D eigenvalue weighted by Crippen LogP contribution is -2.63. The van der Waals surface area contributed by atoms with Crippen LogP contribution in [0.25, 0.3) is 0 Å². The molecule has 0 spiro atoms. The molecule has 13 heteroatoms. The van der Waals surface area contributed by atoms with Gasteiger partial charge in [-0.15, -0.1) is 0 Å². The highest BCUT2D eigenvalue weighted by Crippen LogP contribution is 2.54. The van der Waals surface area contributed by atoms with Gasteiger partial charge in [-0.05, 0) is 57.3 Å². The maximum atomic E-state index is 14.3. The number of carbonyl (C=O) groups is 4. The van der Waals surface area contributed by atoms with Crippen LogP contribution in [0.15, 0.2) is 28.7 Å². The summed E-state index contributed by atoms with van der Waals surface area (Å²) in [5.74, 6) is -7.69. The Labute approximate surface area is 273 Å². The standard InChI is InChI=1S/C34H45N5O8/c1-37(2)22-13-21(36-33(46)17-14-39(15-17)18-9-7-5-6-8-10-18)27(40)24-19(22)11-16-12-20-26(38(3)4)29(42)25(32(35)45)31(44)34(20,47)30(43)23(16)28(24)41/h13,16-18,20,26,40,42-43,47H,5-12,14-15H2,1-4H3,(H2,35,45)(H,36,46)/t16-,20-,26-,34-/m0/s1. The third-order valence-electron chi connectivity index (χ3n) is 11.1. The van der Waals surface area contributed by atoms with Crippen LogP contribution in [0.5, 0.6) is 5.75 Å². The van der Waals surface area contributed by atoms with Gasteiger partial charge in [-0.25, -0.2) is 0 Å².